The molecule has 0 unspecified atom stereocenters. The number of imidazole rings is 1. The average molecular weight is 685 g/mol. The Balaban J connectivity index is 1.13. The number of carbonyl (C=O) groups excluding carboxylic acids is 3. The third kappa shape index (κ3) is 6.71. The molecule has 2 aliphatic rings. The Morgan fingerprint density at radius 2 is 1.71 bits per heavy atom. The molecule has 0 atom stereocenters. The van der Waals surface area contributed by atoms with Crippen molar-refractivity contribution in [1.82, 2.24) is 39.4 Å². The molecule has 0 radical (unpaired) electrons. The smallest absolute Gasteiger partial charge is 0.384 e. The maximum atomic E-state index is 14.0. The Kier molecular flexibility index (Phi) is 9.11. The predicted molar refractivity (Wildman–Crippen MR) is 170 cm³/mol. The number of aromatic nitrogens is 5. The van der Waals surface area contributed by atoms with Crippen LogP contribution in [0.25, 0.3) is 16.9 Å². The highest BCUT2D eigenvalue weighted by Gasteiger charge is 2.39. The molecule has 2 aliphatic heterocycles. The van der Waals surface area contributed by atoms with Crippen molar-refractivity contribution in [2.75, 3.05) is 50.3 Å². The molecule has 3 amide bonds. The van der Waals surface area contributed by atoms with Gasteiger partial charge in [-0.25, -0.2) is 14.6 Å². The van der Waals surface area contributed by atoms with E-state index < -0.39 is 17.8 Å². The van der Waals surface area contributed by atoms with Gasteiger partial charge < -0.3 is 30.7 Å². The minimum absolute atomic E-state index is 0.00125. The van der Waals surface area contributed by atoms with E-state index in [-0.39, 0.29) is 62.6 Å². The minimum Gasteiger partial charge on any atom is -0.384 e. The first-order chi connectivity index (χ1) is 22.9. The van der Waals surface area contributed by atoms with Crippen LogP contribution in [0.2, 0.25) is 5.02 Å². The summed E-state index contributed by atoms with van der Waals surface area (Å²) in [6.45, 7) is 3.28. The number of alkyl halides is 3. The fourth-order valence-electron chi connectivity index (χ4n) is 5.89. The normalized spacial score (nSPS) is 15.9. The molecular formula is C31H32ClF3N10O3. The summed E-state index contributed by atoms with van der Waals surface area (Å²) in [5, 5.41) is 9.72. The van der Waals surface area contributed by atoms with E-state index in [1.807, 2.05) is 4.90 Å². The van der Waals surface area contributed by atoms with Crippen LogP contribution < -0.4 is 16.4 Å². The maximum absolute atomic E-state index is 14.0. The van der Waals surface area contributed by atoms with Crippen LogP contribution in [-0.2, 0) is 18.0 Å². The number of piperidine rings is 1. The van der Waals surface area contributed by atoms with E-state index in [2.05, 4.69) is 25.7 Å². The molecule has 6 rings (SSSR count). The van der Waals surface area contributed by atoms with Crippen molar-refractivity contribution in [3.05, 3.63) is 71.0 Å². The second-order valence-corrected chi connectivity index (χ2v) is 12.0. The molecule has 0 aliphatic carbocycles. The fraction of sp³-hybridized carbons (Fsp3) is 0.355. The lowest BCUT2D eigenvalue weighted by atomic mass is 9.96. The van der Waals surface area contributed by atoms with Crippen molar-refractivity contribution >= 4 is 40.8 Å². The molecular weight excluding hydrogens is 653 g/mol. The van der Waals surface area contributed by atoms with Crippen LogP contribution >= 0.6 is 11.6 Å². The topological polar surface area (TPSA) is 156 Å². The number of hydrogen-bond acceptors (Lipinski definition) is 8. The number of nitrogens with zero attached hydrogens (tertiary/aromatic N) is 7. The first kappa shape index (κ1) is 33.0. The van der Waals surface area contributed by atoms with E-state index in [4.69, 9.17) is 17.3 Å². The number of nitrogens with one attached hydrogen (secondary N) is 2. The van der Waals surface area contributed by atoms with Crippen LogP contribution in [0.4, 0.5) is 24.7 Å². The van der Waals surface area contributed by atoms with E-state index in [0.717, 1.165) is 36.8 Å². The lowest BCUT2D eigenvalue weighted by molar-refractivity contribution is -0.141. The lowest BCUT2D eigenvalue weighted by Gasteiger charge is -2.37. The quantitative estimate of drug-likeness (QED) is 0.279. The second-order valence-electron chi connectivity index (χ2n) is 11.6. The highest BCUT2D eigenvalue weighted by molar-refractivity contribution is 6.34. The standard InChI is InChI=1S/C31H32ClF3N10O3/c1-42-24(22-17-45(41-26(22)31(33,34)35)20-3-5-25(36)38-15-20)16-39-27(42)28(46)40-19-2-4-21(23(32)14-19)30(48)44-12-10-43(11-13-44)29(47)18-6-8-37-9-7-18/h2-5,14-18,37H,6-13H2,1H3,(H2,36,38)(H,40,46). The summed E-state index contributed by atoms with van der Waals surface area (Å²) in [6.07, 6.45) is 0.440. The monoisotopic (exact) mass is 684 g/mol. The number of nitrogens with two attached hydrogens (primary N) is 1. The number of rotatable bonds is 6. The van der Waals surface area contributed by atoms with Crippen LogP contribution in [0.15, 0.2) is 48.9 Å². The zero-order valence-electron chi connectivity index (χ0n) is 25.8. The Hall–Kier alpha value is -4.96. The minimum atomic E-state index is -4.80. The number of halogens is 4. The Morgan fingerprint density at radius 1 is 1.00 bits per heavy atom. The van der Waals surface area contributed by atoms with Gasteiger partial charge in [-0.3, -0.25) is 14.4 Å². The molecule has 4 N–H and O–H groups in total. The van der Waals surface area contributed by atoms with E-state index in [9.17, 15) is 27.6 Å². The zero-order chi connectivity index (χ0) is 34.2. The molecule has 48 heavy (non-hydrogen) atoms. The Labute approximate surface area is 277 Å². The molecule has 4 aromatic rings. The van der Waals surface area contributed by atoms with Crippen molar-refractivity contribution in [3.63, 3.8) is 0 Å². The summed E-state index contributed by atoms with van der Waals surface area (Å²) in [4.78, 5) is 50.8. The summed E-state index contributed by atoms with van der Waals surface area (Å²) in [5.41, 5.74) is 4.87. The van der Waals surface area contributed by atoms with Gasteiger partial charge in [-0.1, -0.05) is 11.6 Å². The Morgan fingerprint density at radius 3 is 2.35 bits per heavy atom. The summed E-state index contributed by atoms with van der Waals surface area (Å²) in [6, 6.07) is 7.33. The van der Waals surface area contributed by atoms with Crippen LogP contribution in [0.3, 0.4) is 0 Å². The van der Waals surface area contributed by atoms with Crippen molar-refractivity contribution in [2.45, 2.75) is 19.0 Å². The average Bonchev–Trinajstić information content (AvgIpc) is 3.69. The first-order valence-corrected chi connectivity index (χ1v) is 15.6. The van der Waals surface area contributed by atoms with Crippen molar-refractivity contribution < 1.29 is 27.6 Å². The van der Waals surface area contributed by atoms with Crippen molar-refractivity contribution in [1.29, 1.82) is 0 Å². The molecule has 0 spiro atoms. The Bertz CT molecular complexity index is 1840. The molecule has 0 saturated carbocycles. The largest absolute Gasteiger partial charge is 0.435 e. The molecule has 1 aromatic carbocycles. The van der Waals surface area contributed by atoms with E-state index in [0.29, 0.717) is 26.2 Å². The van der Waals surface area contributed by atoms with Crippen molar-refractivity contribution in [3.8, 4) is 16.9 Å². The molecule has 252 valence electrons. The predicted octanol–water partition coefficient (Wildman–Crippen LogP) is 3.46. The zero-order valence-corrected chi connectivity index (χ0v) is 26.6. The van der Waals surface area contributed by atoms with Crippen LogP contribution in [-0.4, -0.2) is 91.1 Å². The molecule has 17 heteroatoms. The molecule has 0 bridgehead atoms. The van der Waals surface area contributed by atoms with E-state index in [1.54, 1.807) is 4.90 Å². The van der Waals surface area contributed by atoms with Crippen molar-refractivity contribution in [2.24, 2.45) is 13.0 Å². The van der Waals surface area contributed by atoms with Gasteiger partial charge in [0.05, 0.1) is 39.9 Å². The number of pyridine rings is 1. The lowest BCUT2D eigenvalue weighted by Crippen LogP contribution is -2.52. The molecule has 3 aromatic heterocycles. The summed E-state index contributed by atoms with van der Waals surface area (Å²) in [5.74, 6) is -0.838. The molecule has 2 saturated heterocycles. The third-order valence-electron chi connectivity index (χ3n) is 8.51. The fourth-order valence-corrected chi connectivity index (χ4v) is 6.15. The van der Waals surface area contributed by atoms with Gasteiger partial charge in [-0.15, -0.1) is 0 Å². The summed E-state index contributed by atoms with van der Waals surface area (Å²) in [7, 11) is 1.41. The highest BCUT2D eigenvalue weighted by atomic mass is 35.5. The van der Waals surface area contributed by atoms with Gasteiger partial charge in [0.1, 0.15) is 5.82 Å². The van der Waals surface area contributed by atoms with Gasteiger partial charge in [-0.2, -0.15) is 18.3 Å². The van der Waals surface area contributed by atoms with E-state index >= 15 is 0 Å². The SMILES string of the molecule is Cn1c(-c2cn(-c3ccc(N)nc3)nc2C(F)(F)F)cnc1C(=O)Nc1ccc(C(=O)N2CCN(C(=O)C3CCNCC3)CC2)c(Cl)c1. The van der Waals surface area contributed by atoms with Crippen LogP contribution in [0.5, 0.6) is 0 Å². The van der Waals surface area contributed by atoms with Gasteiger partial charge >= 0.3 is 6.18 Å². The van der Waals surface area contributed by atoms with Gasteiger partial charge in [0.15, 0.2) is 11.5 Å². The number of amides is 3. The number of hydrogen-bond donors (Lipinski definition) is 3. The van der Waals surface area contributed by atoms with Crippen LogP contribution in [0, 0.1) is 5.92 Å². The highest BCUT2D eigenvalue weighted by Crippen LogP contribution is 2.37. The summed E-state index contributed by atoms with van der Waals surface area (Å²) >= 11 is 6.47. The molecule has 2 fully saturated rings. The van der Waals surface area contributed by atoms with E-state index in [1.165, 1.54) is 54.3 Å². The number of carbonyl (C=O) groups is 3. The van der Waals surface area contributed by atoms with Gasteiger partial charge in [0.2, 0.25) is 5.91 Å². The third-order valence-corrected chi connectivity index (χ3v) is 8.82. The van der Waals surface area contributed by atoms with Gasteiger partial charge in [0, 0.05) is 51.0 Å². The van der Waals surface area contributed by atoms with Gasteiger partial charge in [-0.05, 0) is 56.3 Å². The second kappa shape index (κ2) is 13.3. The molecule has 5 heterocycles. The number of piperazine rings is 1. The molecule has 13 nitrogen and oxygen atoms in total. The maximum Gasteiger partial charge on any atom is 0.435 e. The summed E-state index contributed by atoms with van der Waals surface area (Å²) < 4.78 is 44.2. The van der Waals surface area contributed by atoms with Gasteiger partial charge in [0.25, 0.3) is 11.8 Å². The van der Waals surface area contributed by atoms with Crippen LogP contribution in [0.1, 0.15) is 39.5 Å². The number of nitrogen functional groups attached to an aromatic ring is 1. The first-order valence-electron chi connectivity index (χ1n) is 15.2. The number of benzene rings is 1. The number of anilines is 2.